The summed E-state index contributed by atoms with van der Waals surface area (Å²) in [6.45, 7) is 4.17. The Hall–Kier alpha value is -1.87. The van der Waals surface area contributed by atoms with Crippen molar-refractivity contribution < 1.29 is 0 Å². The molecule has 0 unspecified atom stereocenters. The van der Waals surface area contributed by atoms with Crippen LogP contribution in [0.25, 0.3) is 0 Å². The Morgan fingerprint density at radius 1 is 0.905 bits per heavy atom. The number of nitrogens with one attached hydrogen (secondary N) is 1. The Bertz CT molecular complexity index is 530. The number of nitrogens with zero attached hydrogens (tertiary/aromatic N) is 2. The summed E-state index contributed by atoms with van der Waals surface area (Å²) in [5.74, 6) is 0. The highest BCUT2D eigenvalue weighted by Crippen LogP contribution is 2.20. The van der Waals surface area contributed by atoms with Crippen LogP contribution >= 0.6 is 0 Å². The van der Waals surface area contributed by atoms with Crippen LogP contribution in [0.1, 0.15) is 30.4 Å². The van der Waals surface area contributed by atoms with Crippen molar-refractivity contribution in [2.24, 2.45) is 0 Å². The third kappa shape index (κ3) is 4.05. The van der Waals surface area contributed by atoms with Crippen LogP contribution in [0.2, 0.25) is 0 Å². The lowest BCUT2D eigenvalue weighted by Crippen LogP contribution is -2.29. The second-order valence-corrected chi connectivity index (χ2v) is 5.68. The van der Waals surface area contributed by atoms with Crippen LogP contribution in [0.15, 0.2) is 48.8 Å². The van der Waals surface area contributed by atoms with E-state index in [2.05, 4.69) is 45.5 Å². The van der Waals surface area contributed by atoms with Gasteiger partial charge < -0.3 is 10.2 Å². The topological polar surface area (TPSA) is 28.2 Å². The average Bonchev–Trinajstić information content (AvgIpc) is 2.57. The van der Waals surface area contributed by atoms with Gasteiger partial charge in [0.25, 0.3) is 0 Å². The molecule has 1 aliphatic heterocycles. The minimum Gasteiger partial charge on any atom is -0.372 e. The minimum absolute atomic E-state index is 0.863. The minimum atomic E-state index is 0.863. The summed E-state index contributed by atoms with van der Waals surface area (Å²) in [4.78, 5) is 6.62. The Balaban J connectivity index is 1.50. The van der Waals surface area contributed by atoms with Crippen LogP contribution in [0, 0.1) is 0 Å². The van der Waals surface area contributed by atoms with Crippen LogP contribution in [-0.2, 0) is 13.1 Å². The summed E-state index contributed by atoms with van der Waals surface area (Å²) in [5.41, 5.74) is 3.92. The summed E-state index contributed by atoms with van der Waals surface area (Å²) in [7, 11) is 0. The van der Waals surface area contributed by atoms with E-state index in [9.17, 15) is 0 Å². The first-order chi connectivity index (χ1) is 10.4. The molecule has 2 aromatic rings. The van der Waals surface area contributed by atoms with Crippen LogP contribution in [0.3, 0.4) is 0 Å². The fraction of sp³-hybridized carbons (Fsp3) is 0.389. The molecule has 0 saturated carbocycles. The van der Waals surface area contributed by atoms with Crippen molar-refractivity contribution >= 4 is 5.69 Å². The first kappa shape index (κ1) is 14.1. The number of hydrogen-bond donors (Lipinski definition) is 1. The van der Waals surface area contributed by atoms with Gasteiger partial charge in [0.1, 0.15) is 0 Å². The molecule has 0 spiro atoms. The highest BCUT2D eigenvalue weighted by atomic mass is 15.1. The van der Waals surface area contributed by atoms with Crippen molar-refractivity contribution in [2.45, 2.75) is 32.4 Å². The second-order valence-electron chi connectivity index (χ2n) is 5.68. The van der Waals surface area contributed by atoms with Gasteiger partial charge in [0.05, 0.1) is 0 Å². The SMILES string of the molecule is c1cncc(CNCc2ccc(N3CCCCC3)cc2)c1. The van der Waals surface area contributed by atoms with E-state index in [1.165, 1.54) is 49.2 Å². The number of piperidine rings is 1. The number of rotatable bonds is 5. The lowest BCUT2D eigenvalue weighted by molar-refractivity contribution is 0.578. The maximum absolute atomic E-state index is 4.13. The largest absolute Gasteiger partial charge is 0.372 e. The monoisotopic (exact) mass is 281 g/mol. The zero-order valence-electron chi connectivity index (χ0n) is 12.5. The zero-order valence-corrected chi connectivity index (χ0v) is 12.5. The summed E-state index contributed by atoms with van der Waals surface area (Å²) in [6.07, 6.45) is 7.75. The van der Waals surface area contributed by atoms with E-state index in [1.807, 2.05) is 18.5 Å². The molecule has 0 amide bonds. The van der Waals surface area contributed by atoms with Crippen molar-refractivity contribution in [3.8, 4) is 0 Å². The van der Waals surface area contributed by atoms with Gasteiger partial charge >= 0.3 is 0 Å². The predicted molar refractivity (Wildman–Crippen MR) is 87.3 cm³/mol. The number of anilines is 1. The Morgan fingerprint density at radius 3 is 2.38 bits per heavy atom. The molecule has 0 bridgehead atoms. The van der Waals surface area contributed by atoms with Crippen LogP contribution in [0.5, 0.6) is 0 Å². The quantitative estimate of drug-likeness (QED) is 0.911. The van der Waals surface area contributed by atoms with Gasteiger partial charge in [-0.15, -0.1) is 0 Å². The lowest BCUT2D eigenvalue weighted by atomic mass is 10.1. The third-order valence-electron chi connectivity index (χ3n) is 4.04. The molecule has 1 fully saturated rings. The van der Waals surface area contributed by atoms with Gasteiger partial charge in [-0.1, -0.05) is 18.2 Å². The van der Waals surface area contributed by atoms with Crippen LogP contribution < -0.4 is 10.2 Å². The fourth-order valence-electron chi connectivity index (χ4n) is 2.83. The molecular weight excluding hydrogens is 258 g/mol. The molecular formula is C18H23N3. The summed E-state index contributed by atoms with van der Waals surface area (Å²) in [5, 5.41) is 3.46. The lowest BCUT2D eigenvalue weighted by Gasteiger charge is -2.28. The Labute approximate surface area is 127 Å². The molecule has 0 radical (unpaired) electrons. The van der Waals surface area contributed by atoms with Gasteiger partial charge in [0.2, 0.25) is 0 Å². The van der Waals surface area contributed by atoms with Gasteiger partial charge in [-0.2, -0.15) is 0 Å². The maximum Gasteiger partial charge on any atom is 0.0366 e. The molecule has 1 aromatic carbocycles. The molecule has 2 heterocycles. The molecule has 3 rings (SSSR count). The standard InChI is InChI=1S/C18H23N3/c1-2-11-21(12-3-1)18-8-6-16(7-9-18)13-20-15-17-5-4-10-19-14-17/h4-10,14,20H,1-3,11-13,15H2. The molecule has 3 nitrogen and oxygen atoms in total. The first-order valence-electron chi connectivity index (χ1n) is 7.85. The van der Waals surface area contributed by atoms with Gasteiger partial charge in [-0.05, 0) is 48.6 Å². The van der Waals surface area contributed by atoms with Crippen molar-refractivity contribution in [1.29, 1.82) is 0 Å². The molecule has 0 atom stereocenters. The van der Waals surface area contributed by atoms with Crippen molar-refractivity contribution in [3.63, 3.8) is 0 Å². The van der Waals surface area contributed by atoms with Crippen molar-refractivity contribution in [3.05, 3.63) is 59.9 Å². The molecule has 0 aliphatic carbocycles. The molecule has 21 heavy (non-hydrogen) atoms. The Morgan fingerprint density at radius 2 is 1.67 bits per heavy atom. The summed E-state index contributed by atoms with van der Waals surface area (Å²) < 4.78 is 0. The van der Waals surface area contributed by atoms with Gasteiger partial charge in [0, 0.05) is 44.3 Å². The molecule has 3 heteroatoms. The van der Waals surface area contributed by atoms with Gasteiger partial charge in [0.15, 0.2) is 0 Å². The smallest absolute Gasteiger partial charge is 0.0366 e. The van der Waals surface area contributed by atoms with Crippen LogP contribution in [-0.4, -0.2) is 18.1 Å². The summed E-state index contributed by atoms with van der Waals surface area (Å²) in [6, 6.07) is 13.1. The zero-order chi connectivity index (χ0) is 14.3. The van der Waals surface area contributed by atoms with Crippen molar-refractivity contribution in [2.75, 3.05) is 18.0 Å². The van der Waals surface area contributed by atoms with Gasteiger partial charge in [-0.25, -0.2) is 0 Å². The average molecular weight is 281 g/mol. The van der Waals surface area contributed by atoms with E-state index in [0.29, 0.717) is 0 Å². The van der Waals surface area contributed by atoms with Crippen molar-refractivity contribution in [1.82, 2.24) is 10.3 Å². The van der Waals surface area contributed by atoms with E-state index < -0.39 is 0 Å². The van der Waals surface area contributed by atoms with E-state index >= 15 is 0 Å². The maximum atomic E-state index is 4.13. The first-order valence-corrected chi connectivity index (χ1v) is 7.85. The second kappa shape index (κ2) is 7.23. The van der Waals surface area contributed by atoms with E-state index in [0.717, 1.165) is 13.1 Å². The fourth-order valence-corrected chi connectivity index (χ4v) is 2.83. The number of hydrogen-bond acceptors (Lipinski definition) is 3. The highest BCUT2D eigenvalue weighted by molar-refractivity contribution is 5.47. The normalized spacial score (nSPS) is 15.1. The van der Waals surface area contributed by atoms with Crippen LogP contribution in [0.4, 0.5) is 5.69 Å². The van der Waals surface area contributed by atoms with E-state index in [-0.39, 0.29) is 0 Å². The third-order valence-corrected chi connectivity index (χ3v) is 4.04. The number of pyridine rings is 1. The van der Waals surface area contributed by atoms with E-state index in [1.54, 1.807) is 0 Å². The number of aromatic nitrogens is 1. The van der Waals surface area contributed by atoms with Gasteiger partial charge in [-0.3, -0.25) is 4.98 Å². The Kier molecular flexibility index (Phi) is 4.85. The van der Waals surface area contributed by atoms with E-state index in [4.69, 9.17) is 0 Å². The molecule has 1 N–H and O–H groups in total. The summed E-state index contributed by atoms with van der Waals surface area (Å²) >= 11 is 0. The number of benzene rings is 1. The molecule has 110 valence electrons. The predicted octanol–water partition coefficient (Wildman–Crippen LogP) is 3.36. The highest BCUT2D eigenvalue weighted by Gasteiger charge is 2.10. The molecule has 1 saturated heterocycles. The molecule has 1 aromatic heterocycles. The molecule has 1 aliphatic rings.